The van der Waals surface area contributed by atoms with Gasteiger partial charge in [0.05, 0.1) is 19.3 Å². The number of nitrogens with one attached hydrogen (secondary N) is 1. The molecule has 0 aromatic rings. The van der Waals surface area contributed by atoms with Crippen LogP contribution in [0.4, 0.5) is 0 Å². The van der Waals surface area contributed by atoms with Crippen LogP contribution >= 0.6 is 0 Å². The summed E-state index contributed by atoms with van der Waals surface area (Å²) in [4.78, 5) is 2.45. The van der Waals surface area contributed by atoms with Gasteiger partial charge in [-0.2, -0.15) is 0 Å². The van der Waals surface area contributed by atoms with Crippen LogP contribution in [-0.2, 0) is 4.74 Å². The maximum atomic E-state index is 9.21. The van der Waals surface area contributed by atoms with Crippen LogP contribution in [0.15, 0.2) is 0 Å². The highest BCUT2D eigenvalue weighted by molar-refractivity contribution is 5.02. The van der Waals surface area contributed by atoms with Gasteiger partial charge in [0, 0.05) is 31.2 Å². The van der Waals surface area contributed by atoms with E-state index in [1.54, 1.807) is 0 Å². The summed E-state index contributed by atoms with van der Waals surface area (Å²) in [5.41, 5.74) is 0.0312. The molecule has 0 radical (unpaired) electrons. The van der Waals surface area contributed by atoms with Crippen LogP contribution in [0.1, 0.15) is 26.7 Å². The lowest BCUT2D eigenvalue weighted by atomic mass is 10.2. The third-order valence-corrected chi connectivity index (χ3v) is 3.76. The number of rotatable bonds is 5. The molecule has 2 fully saturated rings. The summed E-state index contributed by atoms with van der Waals surface area (Å²) in [6.45, 7) is 8.46. The van der Waals surface area contributed by atoms with E-state index >= 15 is 0 Å². The molecule has 2 aliphatic rings. The molecule has 1 aliphatic carbocycles. The van der Waals surface area contributed by atoms with E-state index in [-0.39, 0.29) is 18.2 Å². The molecule has 4 nitrogen and oxygen atoms in total. The van der Waals surface area contributed by atoms with Gasteiger partial charge in [0.2, 0.25) is 0 Å². The molecule has 94 valence electrons. The molecule has 0 amide bonds. The van der Waals surface area contributed by atoms with Crippen molar-refractivity contribution in [2.45, 2.75) is 44.4 Å². The van der Waals surface area contributed by atoms with Gasteiger partial charge >= 0.3 is 0 Å². The lowest BCUT2D eigenvalue weighted by molar-refractivity contribution is -0.0391. The Bertz CT molecular complexity index is 229. The van der Waals surface area contributed by atoms with E-state index in [9.17, 15) is 5.11 Å². The van der Waals surface area contributed by atoms with Crippen LogP contribution in [-0.4, -0.2) is 60.5 Å². The van der Waals surface area contributed by atoms with E-state index < -0.39 is 0 Å². The molecule has 4 heteroatoms. The van der Waals surface area contributed by atoms with E-state index in [0.717, 1.165) is 39.1 Å². The molecule has 1 atom stereocenters. The van der Waals surface area contributed by atoms with Gasteiger partial charge in [0.25, 0.3) is 0 Å². The number of ether oxygens (including phenoxy) is 1. The Kier molecular flexibility index (Phi) is 3.85. The number of morpholine rings is 1. The average Bonchev–Trinajstić information content (AvgIpc) is 3.07. The molecule has 16 heavy (non-hydrogen) atoms. The Morgan fingerprint density at radius 1 is 1.50 bits per heavy atom. The van der Waals surface area contributed by atoms with Crippen LogP contribution in [0.2, 0.25) is 0 Å². The predicted octanol–water partition coefficient (Wildman–Crippen LogP) is 0.210. The zero-order chi connectivity index (χ0) is 11.6. The molecule has 2 N–H and O–H groups in total. The fourth-order valence-corrected chi connectivity index (χ4v) is 2.21. The molecule has 0 aromatic carbocycles. The number of aliphatic hydroxyl groups excluding tert-OH is 1. The minimum absolute atomic E-state index is 0.0312. The number of nitrogens with zero attached hydrogens (tertiary/aromatic N) is 1. The zero-order valence-corrected chi connectivity index (χ0v) is 10.4. The summed E-state index contributed by atoms with van der Waals surface area (Å²) in [6.07, 6.45) is 2.48. The van der Waals surface area contributed by atoms with E-state index in [1.807, 2.05) is 0 Å². The lowest BCUT2D eigenvalue weighted by Gasteiger charge is -2.36. The molecule has 1 saturated heterocycles. The first-order valence-electron chi connectivity index (χ1n) is 6.37. The summed E-state index contributed by atoms with van der Waals surface area (Å²) in [6, 6.07) is 0.596. The lowest BCUT2D eigenvalue weighted by Crippen LogP contribution is -2.51. The third kappa shape index (κ3) is 2.94. The smallest absolute Gasteiger partial charge is 0.0827 e. The van der Waals surface area contributed by atoms with Crippen molar-refractivity contribution in [2.24, 2.45) is 0 Å². The second-order valence-corrected chi connectivity index (χ2v) is 5.40. The van der Waals surface area contributed by atoms with E-state index in [1.165, 1.54) is 0 Å². The van der Waals surface area contributed by atoms with Gasteiger partial charge in [0.15, 0.2) is 0 Å². The Morgan fingerprint density at radius 2 is 2.25 bits per heavy atom. The van der Waals surface area contributed by atoms with Crippen molar-refractivity contribution in [3.63, 3.8) is 0 Å². The summed E-state index contributed by atoms with van der Waals surface area (Å²) >= 11 is 0. The first kappa shape index (κ1) is 12.3. The van der Waals surface area contributed by atoms with Crippen LogP contribution < -0.4 is 5.32 Å². The molecular weight excluding hydrogens is 204 g/mol. The Morgan fingerprint density at radius 3 is 2.81 bits per heavy atom. The minimum atomic E-state index is 0.0312. The largest absolute Gasteiger partial charge is 0.394 e. The fraction of sp³-hybridized carbons (Fsp3) is 1.00. The van der Waals surface area contributed by atoms with Gasteiger partial charge in [-0.05, 0) is 26.7 Å². The van der Waals surface area contributed by atoms with Crippen molar-refractivity contribution in [3.05, 3.63) is 0 Å². The molecule has 0 aromatic heterocycles. The number of hydrogen-bond acceptors (Lipinski definition) is 4. The molecule has 0 spiro atoms. The van der Waals surface area contributed by atoms with E-state index in [2.05, 4.69) is 24.1 Å². The first-order chi connectivity index (χ1) is 7.65. The van der Waals surface area contributed by atoms with Crippen LogP contribution in [0.3, 0.4) is 0 Å². The van der Waals surface area contributed by atoms with E-state index in [0.29, 0.717) is 6.04 Å². The second-order valence-electron chi connectivity index (χ2n) is 5.40. The summed E-state index contributed by atoms with van der Waals surface area (Å²) in [5.74, 6) is 0. The first-order valence-corrected chi connectivity index (χ1v) is 6.37. The number of hydrogen-bond donors (Lipinski definition) is 2. The zero-order valence-electron chi connectivity index (χ0n) is 10.4. The summed E-state index contributed by atoms with van der Waals surface area (Å²) < 4.78 is 5.74. The fourth-order valence-electron chi connectivity index (χ4n) is 2.21. The van der Waals surface area contributed by atoms with Crippen molar-refractivity contribution in [1.82, 2.24) is 10.2 Å². The minimum Gasteiger partial charge on any atom is -0.394 e. The van der Waals surface area contributed by atoms with Gasteiger partial charge in [-0.1, -0.05) is 0 Å². The predicted molar refractivity (Wildman–Crippen MR) is 63.5 cm³/mol. The molecule has 1 unspecified atom stereocenters. The highest BCUT2D eigenvalue weighted by atomic mass is 16.5. The van der Waals surface area contributed by atoms with Crippen molar-refractivity contribution in [1.29, 1.82) is 0 Å². The number of aliphatic hydroxyl groups is 1. The summed E-state index contributed by atoms with van der Waals surface area (Å²) in [7, 11) is 0. The van der Waals surface area contributed by atoms with Gasteiger partial charge < -0.3 is 15.2 Å². The quantitative estimate of drug-likeness (QED) is 0.706. The normalized spacial score (nSPS) is 29.6. The Labute approximate surface area is 98.0 Å². The van der Waals surface area contributed by atoms with E-state index in [4.69, 9.17) is 4.74 Å². The summed E-state index contributed by atoms with van der Waals surface area (Å²) in [5, 5.41) is 12.7. The standard InChI is InChI=1S/C12H24N2O2/c1-10(2)14-5-6-16-11(8-14)7-13-12(9-15)3-4-12/h10-11,13,15H,3-9H2,1-2H3. The molecule has 2 rings (SSSR count). The van der Waals surface area contributed by atoms with Crippen molar-refractivity contribution >= 4 is 0 Å². The molecule has 1 aliphatic heterocycles. The van der Waals surface area contributed by atoms with Crippen molar-refractivity contribution in [3.8, 4) is 0 Å². The highest BCUT2D eigenvalue weighted by Gasteiger charge is 2.42. The SMILES string of the molecule is CC(C)N1CCOC(CNC2(CO)CC2)C1. The monoisotopic (exact) mass is 228 g/mol. The second kappa shape index (κ2) is 5.00. The van der Waals surface area contributed by atoms with Gasteiger partial charge in [-0.25, -0.2) is 0 Å². The third-order valence-electron chi connectivity index (χ3n) is 3.76. The topological polar surface area (TPSA) is 44.7 Å². The van der Waals surface area contributed by atoms with Crippen molar-refractivity contribution in [2.75, 3.05) is 32.8 Å². The Balaban J connectivity index is 1.73. The maximum absolute atomic E-state index is 9.21. The van der Waals surface area contributed by atoms with Crippen molar-refractivity contribution < 1.29 is 9.84 Å². The highest BCUT2D eigenvalue weighted by Crippen LogP contribution is 2.34. The van der Waals surface area contributed by atoms with Gasteiger partial charge in [-0.3, -0.25) is 4.90 Å². The van der Waals surface area contributed by atoms with Crippen LogP contribution in [0, 0.1) is 0 Å². The maximum Gasteiger partial charge on any atom is 0.0827 e. The molecule has 1 saturated carbocycles. The molecular formula is C12H24N2O2. The van der Waals surface area contributed by atoms with Crippen LogP contribution in [0.5, 0.6) is 0 Å². The Hall–Kier alpha value is -0.160. The van der Waals surface area contributed by atoms with Gasteiger partial charge in [0.1, 0.15) is 0 Å². The molecule has 0 bridgehead atoms. The average molecular weight is 228 g/mol. The van der Waals surface area contributed by atoms with Gasteiger partial charge in [-0.15, -0.1) is 0 Å². The molecule has 1 heterocycles. The van der Waals surface area contributed by atoms with Crippen LogP contribution in [0.25, 0.3) is 0 Å².